The Hall–Kier alpha value is -0.490. The SMILES string of the molecule is O=C(CCCCl)NCC1CCN(CC(F)(F)F)C1. The Kier molecular flexibility index (Phi) is 6.21. The molecule has 1 N–H and O–H groups in total. The van der Waals surface area contributed by atoms with E-state index in [2.05, 4.69) is 5.32 Å². The summed E-state index contributed by atoms with van der Waals surface area (Å²) in [5.74, 6) is 0.480. The van der Waals surface area contributed by atoms with Crippen LogP contribution in [0.1, 0.15) is 19.3 Å². The van der Waals surface area contributed by atoms with Gasteiger partial charge in [-0.25, -0.2) is 0 Å². The van der Waals surface area contributed by atoms with Gasteiger partial charge < -0.3 is 5.32 Å². The Balaban J connectivity index is 2.16. The van der Waals surface area contributed by atoms with Crippen molar-refractivity contribution in [3.63, 3.8) is 0 Å². The summed E-state index contributed by atoms with van der Waals surface area (Å²) in [6.07, 6.45) is -2.44. The highest BCUT2D eigenvalue weighted by Gasteiger charge is 2.34. The van der Waals surface area contributed by atoms with Gasteiger partial charge in [0.1, 0.15) is 0 Å². The molecule has 1 amide bonds. The predicted octanol–water partition coefficient (Wildman–Crippen LogP) is 2.01. The third-order valence-electron chi connectivity index (χ3n) is 2.90. The van der Waals surface area contributed by atoms with Gasteiger partial charge in [-0.05, 0) is 25.3 Å². The molecule has 0 aromatic rings. The van der Waals surface area contributed by atoms with E-state index in [-0.39, 0.29) is 11.8 Å². The van der Waals surface area contributed by atoms with Crippen molar-refractivity contribution >= 4 is 17.5 Å². The molecule has 0 aromatic heterocycles. The number of carbonyl (C=O) groups excluding carboxylic acids is 1. The highest BCUT2D eigenvalue weighted by Crippen LogP contribution is 2.22. The van der Waals surface area contributed by atoms with Crippen molar-refractivity contribution in [1.29, 1.82) is 0 Å². The molecule has 1 rings (SSSR count). The number of likely N-dealkylation sites (tertiary alicyclic amines) is 1. The Morgan fingerprint density at radius 3 is 2.78 bits per heavy atom. The summed E-state index contributed by atoms with van der Waals surface area (Å²) in [5.41, 5.74) is 0. The first kappa shape index (κ1) is 15.6. The third-order valence-corrected chi connectivity index (χ3v) is 3.17. The summed E-state index contributed by atoms with van der Waals surface area (Å²) in [5, 5.41) is 2.74. The number of carbonyl (C=O) groups is 1. The molecule has 0 aromatic carbocycles. The lowest BCUT2D eigenvalue weighted by atomic mass is 10.1. The highest BCUT2D eigenvalue weighted by molar-refractivity contribution is 6.17. The average Bonchev–Trinajstić information content (AvgIpc) is 2.68. The molecule has 0 bridgehead atoms. The number of nitrogens with zero attached hydrogens (tertiary/aromatic N) is 1. The molecular weight excluding hydrogens is 269 g/mol. The van der Waals surface area contributed by atoms with Crippen molar-refractivity contribution in [3.05, 3.63) is 0 Å². The molecule has 1 aliphatic rings. The van der Waals surface area contributed by atoms with Crippen molar-refractivity contribution in [3.8, 4) is 0 Å². The van der Waals surface area contributed by atoms with Crippen molar-refractivity contribution in [2.75, 3.05) is 32.1 Å². The quantitative estimate of drug-likeness (QED) is 0.758. The van der Waals surface area contributed by atoms with Crippen molar-refractivity contribution in [2.24, 2.45) is 5.92 Å². The van der Waals surface area contributed by atoms with E-state index in [9.17, 15) is 18.0 Å². The molecule has 1 aliphatic heterocycles. The zero-order chi connectivity index (χ0) is 13.6. The highest BCUT2D eigenvalue weighted by atomic mass is 35.5. The standard InChI is InChI=1S/C11H18ClF3N2O/c12-4-1-2-10(18)16-6-9-3-5-17(7-9)8-11(13,14)15/h9H,1-8H2,(H,16,18). The fourth-order valence-corrected chi connectivity index (χ4v) is 2.18. The Morgan fingerprint density at radius 2 is 2.17 bits per heavy atom. The van der Waals surface area contributed by atoms with E-state index >= 15 is 0 Å². The van der Waals surface area contributed by atoms with Crippen molar-refractivity contribution in [1.82, 2.24) is 10.2 Å². The fourth-order valence-electron chi connectivity index (χ4n) is 2.05. The summed E-state index contributed by atoms with van der Waals surface area (Å²) >= 11 is 5.46. The van der Waals surface area contributed by atoms with Crippen LogP contribution in [-0.4, -0.2) is 49.0 Å². The average molecular weight is 287 g/mol. The Labute approximate surface area is 110 Å². The summed E-state index contributed by atoms with van der Waals surface area (Å²) in [6, 6.07) is 0. The number of alkyl halides is 4. The minimum absolute atomic E-state index is 0.0788. The van der Waals surface area contributed by atoms with Gasteiger partial charge in [0.15, 0.2) is 0 Å². The zero-order valence-corrected chi connectivity index (χ0v) is 10.9. The van der Waals surface area contributed by atoms with Gasteiger partial charge in [-0.3, -0.25) is 9.69 Å². The molecule has 18 heavy (non-hydrogen) atoms. The lowest BCUT2D eigenvalue weighted by molar-refractivity contribution is -0.143. The largest absolute Gasteiger partial charge is 0.401 e. The van der Waals surface area contributed by atoms with E-state index < -0.39 is 12.7 Å². The number of hydrogen-bond donors (Lipinski definition) is 1. The monoisotopic (exact) mass is 286 g/mol. The van der Waals surface area contributed by atoms with Crippen LogP contribution < -0.4 is 5.32 Å². The maximum absolute atomic E-state index is 12.2. The molecule has 3 nitrogen and oxygen atoms in total. The van der Waals surface area contributed by atoms with Crippen LogP contribution in [0.15, 0.2) is 0 Å². The first-order chi connectivity index (χ1) is 8.40. The van der Waals surface area contributed by atoms with Gasteiger partial charge in [0.2, 0.25) is 5.91 Å². The van der Waals surface area contributed by atoms with E-state index in [4.69, 9.17) is 11.6 Å². The number of rotatable bonds is 6. The lowest BCUT2D eigenvalue weighted by Gasteiger charge is -2.18. The van der Waals surface area contributed by atoms with Crippen molar-refractivity contribution in [2.45, 2.75) is 25.4 Å². The molecule has 1 unspecified atom stereocenters. The summed E-state index contributed by atoms with van der Waals surface area (Å²) < 4.78 is 36.5. The number of hydrogen-bond acceptors (Lipinski definition) is 2. The van der Waals surface area contributed by atoms with Gasteiger partial charge in [0, 0.05) is 25.4 Å². The Bertz CT molecular complexity index is 274. The second-order valence-electron chi connectivity index (χ2n) is 4.60. The van der Waals surface area contributed by atoms with Crippen LogP contribution in [0, 0.1) is 5.92 Å². The minimum Gasteiger partial charge on any atom is -0.356 e. The molecule has 0 radical (unpaired) electrons. The molecule has 0 saturated carbocycles. The molecule has 7 heteroatoms. The van der Waals surface area contributed by atoms with Crippen LogP contribution >= 0.6 is 11.6 Å². The third kappa shape index (κ3) is 6.44. The van der Waals surface area contributed by atoms with E-state index in [0.717, 1.165) is 0 Å². The second-order valence-corrected chi connectivity index (χ2v) is 4.98. The van der Waals surface area contributed by atoms with E-state index in [1.807, 2.05) is 0 Å². The van der Waals surface area contributed by atoms with Crippen LogP contribution in [0.4, 0.5) is 13.2 Å². The molecule has 1 heterocycles. The van der Waals surface area contributed by atoms with Crippen LogP contribution in [0.2, 0.25) is 0 Å². The normalized spacial score (nSPS) is 21.2. The molecule has 106 valence electrons. The predicted molar refractivity (Wildman–Crippen MR) is 63.6 cm³/mol. The molecule has 1 atom stereocenters. The van der Waals surface area contributed by atoms with Gasteiger partial charge in [-0.2, -0.15) is 13.2 Å². The first-order valence-electron chi connectivity index (χ1n) is 6.02. The number of halogens is 4. The van der Waals surface area contributed by atoms with Gasteiger partial charge in [-0.1, -0.05) is 0 Å². The minimum atomic E-state index is -4.14. The molecule has 0 aliphatic carbocycles. The lowest BCUT2D eigenvalue weighted by Crippen LogP contribution is -2.34. The fraction of sp³-hybridized carbons (Fsp3) is 0.909. The first-order valence-corrected chi connectivity index (χ1v) is 6.56. The summed E-state index contributed by atoms with van der Waals surface area (Å²) in [7, 11) is 0. The van der Waals surface area contributed by atoms with Crippen molar-refractivity contribution < 1.29 is 18.0 Å². The van der Waals surface area contributed by atoms with E-state index in [0.29, 0.717) is 44.8 Å². The van der Waals surface area contributed by atoms with Gasteiger partial charge >= 0.3 is 6.18 Å². The molecule has 0 spiro atoms. The van der Waals surface area contributed by atoms with E-state index in [1.54, 1.807) is 0 Å². The van der Waals surface area contributed by atoms with Crippen LogP contribution in [0.3, 0.4) is 0 Å². The summed E-state index contributed by atoms with van der Waals surface area (Å²) in [4.78, 5) is 12.7. The van der Waals surface area contributed by atoms with Gasteiger partial charge in [-0.15, -0.1) is 11.6 Å². The molecule has 1 saturated heterocycles. The molecular formula is C11H18ClF3N2O. The maximum Gasteiger partial charge on any atom is 0.401 e. The zero-order valence-electron chi connectivity index (χ0n) is 10.1. The van der Waals surface area contributed by atoms with Gasteiger partial charge in [0.25, 0.3) is 0 Å². The Morgan fingerprint density at radius 1 is 1.44 bits per heavy atom. The van der Waals surface area contributed by atoms with Gasteiger partial charge in [0.05, 0.1) is 6.54 Å². The topological polar surface area (TPSA) is 32.3 Å². The van der Waals surface area contributed by atoms with Crippen LogP contribution in [-0.2, 0) is 4.79 Å². The number of amides is 1. The summed E-state index contributed by atoms with van der Waals surface area (Å²) in [6.45, 7) is 0.441. The maximum atomic E-state index is 12.2. The smallest absolute Gasteiger partial charge is 0.356 e. The van der Waals surface area contributed by atoms with E-state index in [1.165, 1.54) is 4.90 Å². The second kappa shape index (κ2) is 7.19. The van der Waals surface area contributed by atoms with Crippen LogP contribution in [0.25, 0.3) is 0 Å². The molecule has 1 fully saturated rings. The van der Waals surface area contributed by atoms with Crippen LogP contribution in [0.5, 0.6) is 0 Å². The number of nitrogens with one attached hydrogen (secondary N) is 1.